The minimum atomic E-state index is -0.324. The fourth-order valence-corrected chi connectivity index (χ4v) is 3.42. The number of rotatable bonds is 4. The number of amides is 1. The van der Waals surface area contributed by atoms with Crippen molar-refractivity contribution in [2.45, 2.75) is 0 Å². The molecule has 0 fully saturated rings. The van der Waals surface area contributed by atoms with Crippen molar-refractivity contribution < 1.29 is 4.79 Å². The normalized spacial score (nSPS) is 10.9. The quantitative estimate of drug-likeness (QED) is 0.397. The summed E-state index contributed by atoms with van der Waals surface area (Å²) >= 11 is 15.7. The molecule has 0 aliphatic rings. The van der Waals surface area contributed by atoms with E-state index in [0.29, 0.717) is 32.9 Å². The molecule has 0 unspecified atom stereocenters. The van der Waals surface area contributed by atoms with Crippen LogP contribution in [0.15, 0.2) is 53.4 Å². The summed E-state index contributed by atoms with van der Waals surface area (Å²) < 4.78 is 2.73. The Kier molecular flexibility index (Phi) is 5.40. The molecule has 0 aliphatic carbocycles. The summed E-state index contributed by atoms with van der Waals surface area (Å²) in [5, 5.41) is 6.66. The largest absolute Gasteiger partial charge is 0.323 e. The van der Waals surface area contributed by atoms with Gasteiger partial charge in [0.2, 0.25) is 5.95 Å². The van der Waals surface area contributed by atoms with Crippen LogP contribution in [0.4, 0.5) is 17.3 Å². The Bertz CT molecular complexity index is 1210. The molecule has 146 valence electrons. The monoisotopic (exact) mass is 490 g/mol. The molecular weight excluding hydrogens is 479 g/mol. The van der Waals surface area contributed by atoms with Crippen molar-refractivity contribution in [1.82, 2.24) is 19.5 Å². The van der Waals surface area contributed by atoms with E-state index in [1.54, 1.807) is 29.0 Å². The SMILES string of the molecule is Cn1c(Nc2c(Cl)cncc2Cl)nc2cc(C(=O)Nc3ccc(Br)cc3)ncc21. The van der Waals surface area contributed by atoms with Crippen LogP contribution in [-0.2, 0) is 7.05 Å². The number of halogens is 3. The summed E-state index contributed by atoms with van der Waals surface area (Å²) in [6, 6.07) is 8.91. The molecule has 0 spiro atoms. The fraction of sp³-hybridized carbons (Fsp3) is 0.0526. The highest BCUT2D eigenvalue weighted by molar-refractivity contribution is 9.10. The van der Waals surface area contributed by atoms with E-state index in [0.717, 1.165) is 9.99 Å². The number of hydrogen-bond acceptors (Lipinski definition) is 5. The zero-order valence-electron chi connectivity index (χ0n) is 14.9. The lowest BCUT2D eigenvalue weighted by atomic mass is 10.2. The van der Waals surface area contributed by atoms with Gasteiger partial charge in [-0.15, -0.1) is 0 Å². The highest BCUT2D eigenvalue weighted by Gasteiger charge is 2.15. The van der Waals surface area contributed by atoms with Crippen LogP contribution in [0.1, 0.15) is 10.5 Å². The number of aryl methyl sites for hydroxylation is 1. The Morgan fingerprint density at radius 2 is 1.79 bits per heavy atom. The van der Waals surface area contributed by atoms with Gasteiger partial charge in [0.15, 0.2) is 0 Å². The first kappa shape index (κ1) is 19.6. The standard InChI is InChI=1S/C19H13BrCl2N6O/c1-28-16-9-24-15(18(29)25-11-4-2-10(20)3-5-11)6-14(16)26-19(28)27-17-12(21)7-23-8-13(17)22/h2-9H,1H3,(H,25,29)(H,23,26,27). The Morgan fingerprint density at radius 3 is 2.48 bits per heavy atom. The van der Waals surface area contributed by atoms with Crippen molar-refractivity contribution in [3.63, 3.8) is 0 Å². The molecule has 4 aromatic rings. The topological polar surface area (TPSA) is 84.7 Å². The lowest BCUT2D eigenvalue weighted by molar-refractivity contribution is 0.102. The van der Waals surface area contributed by atoms with Crippen LogP contribution >= 0.6 is 39.1 Å². The van der Waals surface area contributed by atoms with E-state index in [2.05, 4.69) is 41.5 Å². The average Bonchev–Trinajstić information content (AvgIpc) is 3.01. The Balaban J connectivity index is 1.63. The van der Waals surface area contributed by atoms with Gasteiger partial charge in [0.05, 0.1) is 33.0 Å². The second-order valence-electron chi connectivity index (χ2n) is 6.12. The maximum absolute atomic E-state index is 12.5. The molecule has 0 atom stereocenters. The summed E-state index contributed by atoms with van der Waals surface area (Å²) in [4.78, 5) is 25.3. The Labute approximate surface area is 184 Å². The van der Waals surface area contributed by atoms with Gasteiger partial charge in [0, 0.05) is 29.6 Å². The van der Waals surface area contributed by atoms with Gasteiger partial charge in [-0.2, -0.15) is 0 Å². The average molecular weight is 492 g/mol. The highest BCUT2D eigenvalue weighted by atomic mass is 79.9. The van der Waals surface area contributed by atoms with E-state index in [1.807, 2.05) is 19.2 Å². The molecule has 0 bridgehead atoms. The zero-order chi connectivity index (χ0) is 20.5. The number of pyridine rings is 2. The van der Waals surface area contributed by atoms with E-state index in [9.17, 15) is 4.79 Å². The van der Waals surface area contributed by atoms with E-state index < -0.39 is 0 Å². The Hall–Kier alpha value is -2.68. The second kappa shape index (κ2) is 7.98. The predicted molar refractivity (Wildman–Crippen MR) is 118 cm³/mol. The minimum Gasteiger partial charge on any atom is -0.323 e. The van der Waals surface area contributed by atoms with Crippen LogP contribution < -0.4 is 10.6 Å². The molecular formula is C19H13BrCl2N6O. The van der Waals surface area contributed by atoms with Gasteiger partial charge in [-0.05, 0) is 30.3 Å². The van der Waals surface area contributed by atoms with Crippen molar-refractivity contribution >= 4 is 73.4 Å². The summed E-state index contributed by atoms with van der Waals surface area (Å²) in [6.07, 6.45) is 4.58. The third kappa shape index (κ3) is 4.05. The minimum absolute atomic E-state index is 0.255. The summed E-state index contributed by atoms with van der Waals surface area (Å²) in [7, 11) is 1.82. The molecule has 0 aliphatic heterocycles. The van der Waals surface area contributed by atoms with E-state index in [1.165, 1.54) is 12.4 Å². The first-order valence-electron chi connectivity index (χ1n) is 8.38. The smallest absolute Gasteiger partial charge is 0.274 e. The summed E-state index contributed by atoms with van der Waals surface area (Å²) in [5.41, 5.74) is 2.78. The molecule has 3 heterocycles. The predicted octanol–water partition coefficient (Wildman–Crippen LogP) is 5.43. The van der Waals surface area contributed by atoms with Crippen LogP contribution in [0.5, 0.6) is 0 Å². The fourth-order valence-electron chi connectivity index (χ4n) is 2.70. The maximum atomic E-state index is 12.5. The van der Waals surface area contributed by atoms with Crippen LogP contribution in [0.3, 0.4) is 0 Å². The molecule has 2 N–H and O–H groups in total. The number of carbonyl (C=O) groups is 1. The molecule has 1 aromatic carbocycles. The molecule has 1 amide bonds. The number of anilines is 3. The van der Waals surface area contributed by atoms with Gasteiger partial charge in [-0.3, -0.25) is 9.78 Å². The lowest BCUT2D eigenvalue weighted by Crippen LogP contribution is -2.13. The highest BCUT2D eigenvalue weighted by Crippen LogP contribution is 2.32. The number of hydrogen-bond donors (Lipinski definition) is 2. The molecule has 0 saturated heterocycles. The van der Waals surface area contributed by atoms with Gasteiger partial charge in [0.25, 0.3) is 5.91 Å². The number of imidazole rings is 1. The van der Waals surface area contributed by atoms with E-state index in [-0.39, 0.29) is 11.6 Å². The maximum Gasteiger partial charge on any atom is 0.274 e. The lowest BCUT2D eigenvalue weighted by Gasteiger charge is -2.09. The van der Waals surface area contributed by atoms with Crippen molar-refractivity contribution in [2.75, 3.05) is 10.6 Å². The van der Waals surface area contributed by atoms with Gasteiger partial charge in [0.1, 0.15) is 5.69 Å². The third-order valence-corrected chi connectivity index (χ3v) is 5.29. The molecule has 29 heavy (non-hydrogen) atoms. The van der Waals surface area contributed by atoms with Crippen LogP contribution in [0.2, 0.25) is 10.0 Å². The van der Waals surface area contributed by atoms with E-state index in [4.69, 9.17) is 23.2 Å². The molecule has 0 saturated carbocycles. The zero-order valence-corrected chi connectivity index (χ0v) is 18.0. The molecule has 7 nitrogen and oxygen atoms in total. The van der Waals surface area contributed by atoms with Crippen molar-refractivity contribution in [3.05, 3.63) is 69.1 Å². The number of fused-ring (bicyclic) bond motifs is 1. The summed E-state index contributed by atoms with van der Waals surface area (Å²) in [5.74, 6) is 0.178. The Morgan fingerprint density at radius 1 is 1.10 bits per heavy atom. The summed E-state index contributed by atoms with van der Waals surface area (Å²) in [6.45, 7) is 0. The van der Waals surface area contributed by atoms with Crippen molar-refractivity contribution in [1.29, 1.82) is 0 Å². The van der Waals surface area contributed by atoms with Crippen LogP contribution in [0.25, 0.3) is 11.0 Å². The molecule has 10 heteroatoms. The van der Waals surface area contributed by atoms with Gasteiger partial charge in [-0.1, -0.05) is 39.1 Å². The molecule has 4 rings (SSSR count). The first-order chi connectivity index (χ1) is 13.9. The van der Waals surface area contributed by atoms with Crippen molar-refractivity contribution in [3.8, 4) is 0 Å². The number of nitrogens with one attached hydrogen (secondary N) is 2. The van der Waals surface area contributed by atoms with Crippen LogP contribution in [0, 0.1) is 0 Å². The van der Waals surface area contributed by atoms with E-state index >= 15 is 0 Å². The third-order valence-electron chi connectivity index (χ3n) is 4.19. The number of aromatic nitrogens is 4. The van der Waals surface area contributed by atoms with Gasteiger partial charge in [-0.25, -0.2) is 9.97 Å². The second-order valence-corrected chi connectivity index (χ2v) is 7.85. The molecule has 0 radical (unpaired) electrons. The number of carbonyl (C=O) groups excluding carboxylic acids is 1. The molecule has 3 aromatic heterocycles. The van der Waals surface area contributed by atoms with Crippen LogP contribution in [-0.4, -0.2) is 25.4 Å². The number of benzene rings is 1. The first-order valence-corrected chi connectivity index (χ1v) is 9.92. The van der Waals surface area contributed by atoms with Crippen molar-refractivity contribution in [2.24, 2.45) is 7.05 Å². The van der Waals surface area contributed by atoms with Gasteiger partial charge < -0.3 is 15.2 Å². The van der Waals surface area contributed by atoms with Gasteiger partial charge >= 0.3 is 0 Å². The number of nitrogens with zero attached hydrogens (tertiary/aromatic N) is 4.